The quantitative estimate of drug-likeness (QED) is 0.795. The number of pyridine rings is 1. The van der Waals surface area contributed by atoms with E-state index in [0.717, 1.165) is 4.31 Å². The predicted octanol–water partition coefficient (Wildman–Crippen LogP) is 0.0829. The first-order valence-corrected chi connectivity index (χ1v) is 5.93. The lowest BCUT2D eigenvalue weighted by atomic mass is 10.4. The van der Waals surface area contributed by atoms with Gasteiger partial charge in [0.15, 0.2) is 0 Å². The highest BCUT2D eigenvalue weighted by Crippen LogP contribution is 2.12. The molecule has 6 heteroatoms. The van der Waals surface area contributed by atoms with Gasteiger partial charge in [-0.1, -0.05) is 0 Å². The van der Waals surface area contributed by atoms with Gasteiger partial charge in [0.1, 0.15) is 4.90 Å². The topological polar surface area (TPSA) is 70.5 Å². The molecule has 1 N–H and O–H groups in total. The van der Waals surface area contributed by atoms with Crippen LogP contribution in [-0.4, -0.2) is 42.5 Å². The summed E-state index contributed by atoms with van der Waals surface area (Å²) < 4.78 is 24.8. The van der Waals surface area contributed by atoms with Crippen molar-refractivity contribution in [1.82, 2.24) is 9.29 Å². The van der Waals surface area contributed by atoms with E-state index >= 15 is 0 Å². The summed E-state index contributed by atoms with van der Waals surface area (Å²) in [6, 6.07) is 3.03. The molecule has 1 unspecified atom stereocenters. The van der Waals surface area contributed by atoms with Crippen LogP contribution in [0.5, 0.6) is 0 Å². The van der Waals surface area contributed by atoms with Gasteiger partial charge in [0.05, 0.1) is 6.10 Å². The molecule has 0 fully saturated rings. The lowest BCUT2D eigenvalue weighted by Crippen LogP contribution is -2.33. The third-order valence-electron chi connectivity index (χ3n) is 1.86. The van der Waals surface area contributed by atoms with E-state index in [1.54, 1.807) is 6.07 Å². The summed E-state index contributed by atoms with van der Waals surface area (Å²) in [5.74, 6) is 0. The van der Waals surface area contributed by atoms with Crippen LogP contribution >= 0.6 is 0 Å². The summed E-state index contributed by atoms with van der Waals surface area (Å²) in [6.45, 7) is 1.60. The summed E-state index contributed by atoms with van der Waals surface area (Å²) in [6.07, 6.45) is 2.10. The largest absolute Gasteiger partial charge is 0.392 e. The number of aliphatic hydroxyl groups excluding tert-OH is 1. The van der Waals surface area contributed by atoms with E-state index in [0.29, 0.717) is 0 Å². The molecule has 0 amide bonds. The normalized spacial score (nSPS) is 14.1. The van der Waals surface area contributed by atoms with E-state index in [1.165, 1.54) is 32.4 Å². The van der Waals surface area contributed by atoms with Crippen molar-refractivity contribution in [3.05, 3.63) is 24.5 Å². The fourth-order valence-corrected chi connectivity index (χ4v) is 2.37. The minimum absolute atomic E-state index is 0.0667. The second kappa shape index (κ2) is 4.69. The van der Waals surface area contributed by atoms with E-state index in [1.807, 2.05) is 0 Å². The van der Waals surface area contributed by atoms with Gasteiger partial charge in [-0.3, -0.25) is 4.98 Å². The maximum atomic E-state index is 11.8. The molecule has 0 bridgehead atoms. The third-order valence-corrected chi connectivity index (χ3v) is 3.67. The summed E-state index contributed by atoms with van der Waals surface area (Å²) in [5, 5.41) is 9.11. The molecule has 0 aliphatic carbocycles. The molecule has 0 spiro atoms. The smallest absolute Gasteiger partial charge is 0.244 e. The van der Waals surface area contributed by atoms with E-state index < -0.39 is 16.1 Å². The van der Waals surface area contributed by atoms with Crippen molar-refractivity contribution < 1.29 is 13.5 Å². The first kappa shape index (κ1) is 12.1. The van der Waals surface area contributed by atoms with Gasteiger partial charge in [-0.25, -0.2) is 8.42 Å². The molecular weight excluding hydrogens is 216 g/mol. The minimum atomic E-state index is -3.52. The van der Waals surface area contributed by atoms with Crippen molar-refractivity contribution in [2.75, 3.05) is 13.6 Å². The number of sulfonamides is 1. The number of hydrogen-bond acceptors (Lipinski definition) is 4. The Kier molecular flexibility index (Phi) is 3.78. The summed E-state index contributed by atoms with van der Waals surface area (Å²) >= 11 is 0. The molecule has 1 rings (SSSR count). The molecule has 1 aromatic heterocycles. The van der Waals surface area contributed by atoms with Gasteiger partial charge in [0, 0.05) is 26.0 Å². The van der Waals surface area contributed by atoms with Gasteiger partial charge in [-0.15, -0.1) is 0 Å². The number of likely N-dealkylation sites (N-methyl/N-ethyl adjacent to an activating group) is 1. The maximum Gasteiger partial charge on any atom is 0.244 e. The van der Waals surface area contributed by atoms with Crippen LogP contribution in [0.1, 0.15) is 6.92 Å². The Morgan fingerprint density at radius 3 is 2.73 bits per heavy atom. The molecule has 0 aliphatic rings. The highest BCUT2D eigenvalue weighted by molar-refractivity contribution is 7.89. The summed E-state index contributed by atoms with van der Waals surface area (Å²) in [7, 11) is -2.10. The van der Waals surface area contributed by atoms with Crippen molar-refractivity contribution >= 4 is 10.0 Å². The van der Waals surface area contributed by atoms with Crippen molar-refractivity contribution in [2.24, 2.45) is 0 Å². The molecule has 1 heterocycles. The number of aromatic nitrogens is 1. The number of hydrogen-bond donors (Lipinski definition) is 1. The SMILES string of the molecule is CC(O)CN(C)S(=O)(=O)c1cccnc1. The molecule has 5 nitrogen and oxygen atoms in total. The third kappa shape index (κ3) is 2.98. The lowest BCUT2D eigenvalue weighted by molar-refractivity contribution is 0.171. The molecule has 0 radical (unpaired) electrons. The van der Waals surface area contributed by atoms with Gasteiger partial charge in [0.2, 0.25) is 10.0 Å². The van der Waals surface area contributed by atoms with Gasteiger partial charge < -0.3 is 5.11 Å². The van der Waals surface area contributed by atoms with Crippen LogP contribution in [0.3, 0.4) is 0 Å². The molecular formula is C9H14N2O3S. The lowest BCUT2D eigenvalue weighted by Gasteiger charge is -2.18. The van der Waals surface area contributed by atoms with E-state index in [4.69, 9.17) is 5.11 Å². The Morgan fingerprint density at radius 1 is 1.60 bits per heavy atom. The van der Waals surface area contributed by atoms with Crippen LogP contribution in [0.4, 0.5) is 0 Å². The van der Waals surface area contributed by atoms with E-state index in [9.17, 15) is 8.42 Å². The van der Waals surface area contributed by atoms with Crippen LogP contribution in [0, 0.1) is 0 Å². The number of nitrogens with zero attached hydrogens (tertiary/aromatic N) is 2. The fourth-order valence-electron chi connectivity index (χ4n) is 1.15. The Balaban J connectivity index is 2.94. The van der Waals surface area contributed by atoms with Crippen molar-refractivity contribution in [3.63, 3.8) is 0 Å². The van der Waals surface area contributed by atoms with Crippen molar-refractivity contribution in [1.29, 1.82) is 0 Å². The first-order valence-electron chi connectivity index (χ1n) is 4.49. The molecule has 84 valence electrons. The van der Waals surface area contributed by atoms with Crippen LogP contribution in [0.25, 0.3) is 0 Å². The first-order chi connectivity index (χ1) is 6.94. The molecule has 1 aromatic rings. The van der Waals surface area contributed by atoms with E-state index in [-0.39, 0.29) is 11.4 Å². The zero-order chi connectivity index (χ0) is 11.5. The average Bonchev–Trinajstić information content (AvgIpc) is 2.18. The Bertz CT molecular complexity index is 403. The molecule has 0 saturated carbocycles. The van der Waals surface area contributed by atoms with Crippen LogP contribution in [-0.2, 0) is 10.0 Å². The standard InChI is InChI=1S/C9H14N2O3S/c1-8(12)7-11(2)15(13,14)9-4-3-5-10-6-9/h3-6,8,12H,7H2,1-2H3. The Morgan fingerprint density at radius 2 is 2.27 bits per heavy atom. The molecule has 0 saturated heterocycles. The van der Waals surface area contributed by atoms with Crippen LogP contribution in [0.2, 0.25) is 0 Å². The van der Waals surface area contributed by atoms with Crippen molar-refractivity contribution in [2.45, 2.75) is 17.9 Å². The highest BCUT2D eigenvalue weighted by atomic mass is 32.2. The molecule has 0 aromatic carbocycles. The minimum Gasteiger partial charge on any atom is -0.392 e. The van der Waals surface area contributed by atoms with Gasteiger partial charge in [-0.05, 0) is 19.1 Å². The summed E-state index contributed by atoms with van der Waals surface area (Å²) in [4.78, 5) is 3.88. The average molecular weight is 230 g/mol. The van der Waals surface area contributed by atoms with Crippen LogP contribution < -0.4 is 0 Å². The Hall–Kier alpha value is -0.980. The molecule has 0 aliphatic heterocycles. The zero-order valence-electron chi connectivity index (χ0n) is 8.66. The second-order valence-electron chi connectivity index (χ2n) is 3.32. The van der Waals surface area contributed by atoms with Gasteiger partial charge >= 0.3 is 0 Å². The Labute approximate surface area is 89.4 Å². The zero-order valence-corrected chi connectivity index (χ0v) is 9.48. The number of aliphatic hydroxyl groups is 1. The van der Waals surface area contributed by atoms with Gasteiger partial charge in [0.25, 0.3) is 0 Å². The van der Waals surface area contributed by atoms with E-state index in [2.05, 4.69) is 4.98 Å². The predicted molar refractivity (Wildman–Crippen MR) is 55.7 cm³/mol. The highest BCUT2D eigenvalue weighted by Gasteiger charge is 2.21. The van der Waals surface area contributed by atoms with Crippen LogP contribution in [0.15, 0.2) is 29.4 Å². The molecule has 15 heavy (non-hydrogen) atoms. The summed E-state index contributed by atoms with van der Waals surface area (Å²) in [5.41, 5.74) is 0. The molecule has 1 atom stereocenters. The van der Waals surface area contributed by atoms with Crippen molar-refractivity contribution in [3.8, 4) is 0 Å². The monoisotopic (exact) mass is 230 g/mol. The number of rotatable bonds is 4. The van der Waals surface area contributed by atoms with Gasteiger partial charge in [-0.2, -0.15) is 4.31 Å². The maximum absolute atomic E-state index is 11.8. The second-order valence-corrected chi connectivity index (χ2v) is 5.37. The fraction of sp³-hybridized carbons (Fsp3) is 0.444.